The number of hydrogen-bond donors (Lipinski definition) is 2. The second-order valence-electron chi connectivity index (χ2n) is 4.91. The van der Waals surface area contributed by atoms with Crippen molar-refractivity contribution in [2.75, 3.05) is 13.2 Å². The largest absolute Gasteiger partial charge is 0.395 e. The second kappa shape index (κ2) is 7.36. The monoisotopic (exact) mass is 381 g/mol. The van der Waals surface area contributed by atoms with E-state index >= 15 is 0 Å². The number of halogens is 2. The summed E-state index contributed by atoms with van der Waals surface area (Å²) >= 11 is 13.7. The fourth-order valence-corrected chi connectivity index (χ4v) is 3.45. The number of rotatable bonds is 5. The molecule has 124 valence electrons. The standard InChI is InChI=1S/C16H13Cl2N3O2S/c17-10-6-11(18)8-12(7-10)21-14(15-2-1-5-24-15)9-13(20-21)16(23)19-3-4-22/h1-2,5-9,22H,3-4H2,(H,19,23). The molecule has 0 aliphatic heterocycles. The van der Waals surface area contributed by atoms with E-state index in [1.54, 1.807) is 28.9 Å². The molecule has 0 aliphatic rings. The second-order valence-corrected chi connectivity index (χ2v) is 6.73. The number of aromatic nitrogens is 2. The molecule has 0 aliphatic carbocycles. The summed E-state index contributed by atoms with van der Waals surface area (Å²) in [6.45, 7) is 0.0388. The van der Waals surface area contributed by atoms with Crippen LogP contribution in [-0.4, -0.2) is 33.9 Å². The lowest BCUT2D eigenvalue weighted by molar-refractivity contribution is 0.0939. The van der Waals surface area contributed by atoms with Gasteiger partial charge in [-0.05, 0) is 35.7 Å². The number of thiophene rings is 1. The van der Waals surface area contributed by atoms with Crippen LogP contribution in [0.25, 0.3) is 16.3 Å². The summed E-state index contributed by atoms with van der Waals surface area (Å²) in [6.07, 6.45) is 0. The van der Waals surface area contributed by atoms with Gasteiger partial charge in [-0.3, -0.25) is 4.79 Å². The van der Waals surface area contributed by atoms with E-state index in [0.29, 0.717) is 15.7 Å². The maximum Gasteiger partial charge on any atom is 0.271 e. The zero-order chi connectivity index (χ0) is 17.1. The summed E-state index contributed by atoms with van der Waals surface area (Å²) < 4.78 is 1.64. The van der Waals surface area contributed by atoms with Crippen LogP contribution in [0.5, 0.6) is 0 Å². The van der Waals surface area contributed by atoms with Crippen LogP contribution in [0.2, 0.25) is 10.0 Å². The lowest BCUT2D eigenvalue weighted by Crippen LogP contribution is -2.26. The van der Waals surface area contributed by atoms with Gasteiger partial charge in [-0.25, -0.2) is 4.68 Å². The normalized spacial score (nSPS) is 10.8. The summed E-state index contributed by atoms with van der Waals surface area (Å²) in [5, 5.41) is 18.7. The van der Waals surface area contributed by atoms with Crippen LogP contribution in [0, 0.1) is 0 Å². The summed E-state index contributed by atoms with van der Waals surface area (Å²) in [4.78, 5) is 13.1. The smallest absolute Gasteiger partial charge is 0.271 e. The number of aliphatic hydroxyl groups excluding tert-OH is 1. The van der Waals surface area contributed by atoms with Gasteiger partial charge in [0, 0.05) is 16.6 Å². The Kier molecular flexibility index (Phi) is 5.20. The van der Waals surface area contributed by atoms with Crippen LogP contribution in [0.4, 0.5) is 0 Å². The van der Waals surface area contributed by atoms with E-state index in [9.17, 15) is 4.79 Å². The molecule has 0 unspecified atom stereocenters. The molecule has 24 heavy (non-hydrogen) atoms. The Balaban J connectivity index is 2.09. The molecule has 1 amide bonds. The van der Waals surface area contributed by atoms with E-state index in [2.05, 4.69) is 10.4 Å². The number of carbonyl (C=O) groups excluding carboxylic acids is 1. The highest BCUT2D eigenvalue weighted by molar-refractivity contribution is 7.13. The van der Waals surface area contributed by atoms with Crippen molar-refractivity contribution in [2.45, 2.75) is 0 Å². The average molecular weight is 382 g/mol. The highest BCUT2D eigenvalue weighted by Crippen LogP contribution is 2.30. The fraction of sp³-hybridized carbons (Fsp3) is 0.125. The van der Waals surface area contributed by atoms with E-state index in [1.165, 1.54) is 11.3 Å². The Morgan fingerprint density at radius 3 is 2.62 bits per heavy atom. The molecule has 0 radical (unpaired) electrons. The molecule has 2 aromatic heterocycles. The molecular weight excluding hydrogens is 369 g/mol. The van der Waals surface area contributed by atoms with Crippen LogP contribution in [0.15, 0.2) is 41.8 Å². The van der Waals surface area contributed by atoms with Gasteiger partial charge >= 0.3 is 0 Å². The summed E-state index contributed by atoms with van der Waals surface area (Å²) in [5.74, 6) is -0.353. The van der Waals surface area contributed by atoms with Crippen molar-refractivity contribution in [1.29, 1.82) is 0 Å². The number of carbonyl (C=O) groups is 1. The Labute approximate surface area is 152 Å². The predicted octanol–water partition coefficient (Wildman–Crippen LogP) is 3.63. The quantitative estimate of drug-likeness (QED) is 0.708. The van der Waals surface area contributed by atoms with Gasteiger partial charge < -0.3 is 10.4 Å². The topological polar surface area (TPSA) is 67.2 Å². The molecule has 0 saturated carbocycles. The van der Waals surface area contributed by atoms with E-state index in [-0.39, 0.29) is 24.8 Å². The zero-order valence-corrected chi connectivity index (χ0v) is 14.7. The van der Waals surface area contributed by atoms with Crippen molar-refractivity contribution in [1.82, 2.24) is 15.1 Å². The summed E-state index contributed by atoms with van der Waals surface area (Å²) in [5.41, 5.74) is 1.68. The molecule has 0 bridgehead atoms. The van der Waals surface area contributed by atoms with Crippen LogP contribution in [0.3, 0.4) is 0 Å². The number of nitrogens with one attached hydrogen (secondary N) is 1. The SMILES string of the molecule is O=C(NCCO)c1cc(-c2cccs2)n(-c2cc(Cl)cc(Cl)c2)n1. The van der Waals surface area contributed by atoms with Gasteiger partial charge in [0.25, 0.3) is 5.91 Å². The maximum atomic E-state index is 12.2. The van der Waals surface area contributed by atoms with Crippen molar-refractivity contribution >= 4 is 40.4 Å². The highest BCUT2D eigenvalue weighted by atomic mass is 35.5. The summed E-state index contributed by atoms with van der Waals surface area (Å²) in [6, 6.07) is 10.7. The lowest BCUT2D eigenvalue weighted by Gasteiger charge is -2.07. The van der Waals surface area contributed by atoms with Gasteiger partial charge in [-0.15, -0.1) is 11.3 Å². The van der Waals surface area contributed by atoms with Gasteiger partial charge in [0.15, 0.2) is 5.69 Å². The zero-order valence-electron chi connectivity index (χ0n) is 12.4. The predicted molar refractivity (Wildman–Crippen MR) is 96.3 cm³/mol. The van der Waals surface area contributed by atoms with Gasteiger partial charge in [0.1, 0.15) is 0 Å². The minimum atomic E-state index is -0.353. The van der Waals surface area contributed by atoms with Crippen molar-refractivity contribution in [2.24, 2.45) is 0 Å². The fourth-order valence-electron chi connectivity index (χ4n) is 2.21. The highest BCUT2D eigenvalue weighted by Gasteiger charge is 2.17. The molecule has 1 aromatic carbocycles. The van der Waals surface area contributed by atoms with E-state index < -0.39 is 0 Å². The van der Waals surface area contributed by atoms with Gasteiger partial charge in [-0.2, -0.15) is 5.10 Å². The van der Waals surface area contributed by atoms with Crippen molar-refractivity contribution in [3.63, 3.8) is 0 Å². The first-order valence-corrected chi connectivity index (χ1v) is 8.71. The molecule has 0 atom stereocenters. The molecule has 3 rings (SSSR count). The number of aliphatic hydroxyl groups is 1. The summed E-state index contributed by atoms with van der Waals surface area (Å²) in [7, 11) is 0. The molecular formula is C16H13Cl2N3O2S. The molecule has 2 heterocycles. The molecule has 2 N–H and O–H groups in total. The van der Waals surface area contributed by atoms with E-state index in [4.69, 9.17) is 28.3 Å². The minimum absolute atomic E-state index is 0.131. The number of amides is 1. The van der Waals surface area contributed by atoms with Crippen molar-refractivity contribution in [3.8, 4) is 16.3 Å². The van der Waals surface area contributed by atoms with Crippen LogP contribution in [0.1, 0.15) is 10.5 Å². The Hall–Kier alpha value is -1.86. The minimum Gasteiger partial charge on any atom is -0.395 e. The first kappa shape index (κ1) is 17.0. The third-order valence-corrected chi connectivity index (χ3v) is 4.53. The van der Waals surface area contributed by atoms with Gasteiger partial charge in [0.05, 0.1) is 22.9 Å². The number of benzene rings is 1. The number of nitrogens with zero attached hydrogens (tertiary/aromatic N) is 2. The van der Waals surface area contributed by atoms with Crippen molar-refractivity contribution < 1.29 is 9.90 Å². The van der Waals surface area contributed by atoms with E-state index in [0.717, 1.165) is 10.6 Å². The third kappa shape index (κ3) is 3.62. The molecule has 5 nitrogen and oxygen atoms in total. The maximum absolute atomic E-state index is 12.2. The Morgan fingerprint density at radius 2 is 2.00 bits per heavy atom. The first-order valence-electron chi connectivity index (χ1n) is 7.08. The number of hydrogen-bond acceptors (Lipinski definition) is 4. The van der Waals surface area contributed by atoms with Gasteiger partial charge in [0.2, 0.25) is 0 Å². The molecule has 3 aromatic rings. The van der Waals surface area contributed by atoms with Crippen LogP contribution in [-0.2, 0) is 0 Å². The first-order chi connectivity index (χ1) is 11.6. The third-order valence-electron chi connectivity index (χ3n) is 3.20. The van der Waals surface area contributed by atoms with Crippen LogP contribution >= 0.6 is 34.5 Å². The molecule has 8 heteroatoms. The van der Waals surface area contributed by atoms with Crippen LogP contribution < -0.4 is 5.32 Å². The van der Waals surface area contributed by atoms with Gasteiger partial charge in [-0.1, -0.05) is 29.3 Å². The van der Waals surface area contributed by atoms with Crippen molar-refractivity contribution in [3.05, 3.63) is 57.5 Å². The molecule has 0 spiro atoms. The van der Waals surface area contributed by atoms with E-state index in [1.807, 2.05) is 17.5 Å². The Bertz CT molecular complexity index is 842. The average Bonchev–Trinajstić information content (AvgIpc) is 3.20. The molecule has 0 fully saturated rings. The Morgan fingerprint density at radius 1 is 1.25 bits per heavy atom. The molecule has 0 saturated heterocycles. The lowest BCUT2D eigenvalue weighted by atomic mass is 10.2.